The number of aliphatic hydroxyl groups is 1. The van der Waals surface area contributed by atoms with E-state index in [9.17, 15) is 9.90 Å². The second kappa shape index (κ2) is 4.42. The van der Waals surface area contributed by atoms with Crippen LogP contribution in [0.1, 0.15) is 24.8 Å². The summed E-state index contributed by atoms with van der Waals surface area (Å²) in [6.07, 6.45) is 0.665. The number of nitrogens with zero attached hydrogens (tertiary/aromatic N) is 1. The molecule has 2 aliphatic heterocycles. The van der Waals surface area contributed by atoms with E-state index < -0.39 is 17.9 Å². The highest BCUT2D eigenvalue weighted by Gasteiger charge is 2.44. The van der Waals surface area contributed by atoms with Gasteiger partial charge in [-0.05, 0) is 24.5 Å². The van der Waals surface area contributed by atoms with Crippen LogP contribution >= 0.6 is 0 Å². The number of aliphatic hydroxyl groups excluding tert-OH is 1. The van der Waals surface area contributed by atoms with E-state index in [1.54, 1.807) is 0 Å². The monoisotopic (exact) mass is 263 g/mol. The molecule has 1 aromatic rings. The lowest BCUT2D eigenvalue weighted by Crippen LogP contribution is -2.55. The SMILES string of the molecule is O=C(O)N1CCC2(CCc3ccccc3O2)CC1O. The Labute approximate surface area is 111 Å². The molecule has 1 spiro atoms. The first-order chi connectivity index (χ1) is 9.10. The first kappa shape index (κ1) is 12.3. The zero-order chi connectivity index (χ0) is 13.5. The van der Waals surface area contributed by atoms with Crippen LogP contribution in [0.2, 0.25) is 0 Å². The third-order valence-corrected chi connectivity index (χ3v) is 4.12. The van der Waals surface area contributed by atoms with E-state index >= 15 is 0 Å². The summed E-state index contributed by atoms with van der Waals surface area (Å²) in [5.41, 5.74) is 0.767. The zero-order valence-corrected chi connectivity index (χ0v) is 10.6. The van der Waals surface area contributed by atoms with Gasteiger partial charge in [0.25, 0.3) is 0 Å². The van der Waals surface area contributed by atoms with Crippen LogP contribution in [-0.4, -0.2) is 39.6 Å². The van der Waals surface area contributed by atoms with Crippen molar-refractivity contribution in [3.05, 3.63) is 29.8 Å². The maximum Gasteiger partial charge on any atom is 0.409 e. The largest absolute Gasteiger partial charge is 0.487 e. The molecule has 1 amide bonds. The summed E-state index contributed by atoms with van der Waals surface area (Å²) in [6.45, 7) is 0.318. The quantitative estimate of drug-likeness (QED) is 0.749. The molecule has 0 radical (unpaired) electrons. The Bertz CT molecular complexity index is 504. The number of aryl methyl sites for hydroxylation is 1. The second-order valence-corrected chi connectivity index (χ2v) is 5.30. The van der Waals surface area contributed by atoms with E-state index in [0.717, 1.165) is 23.5 Å². The van der Waals surface area contributed by atoms with Gasteiger partial charge in [-0.1, -0.05) is 18.2 Å². The predicted molar refractivity (Wildman–Crippen MR) is 68.1 cm³/mol. The van der Waals surface area contributed by atoms with Crippen LogP contribution in [0.5, 0.6) is 5.75 Å². The lowest BCUT2D eigenvalue weighted by molar-refractivity contribution is -0.0989. The van der Waals surface area contributed by atoms with Gasteiger partial charge in [0.2, 0.25) is 0 Å². The lowest BCUT2D eigenvalue weighted by atomic mass is 9.82. The van der Waals surface area contributed by atoms with E-state index in [0.29, 0.717) is 19.4 Å². The third kappa shape index (κ3) is 2.14. The number of likely N-dealkylation sites (tertiary alicyclic amines) is 1. The molecule has 102 valence electrons. The molecule has 0 aromatic heterocycles. The van der Waals surface area contributed by atoms with Gasteiger partial charge in [0.15, 0.2) is 0 Å². The van der Waals surface area contributed by atoms with Gasteiger partial charge in [-0.25, -0.2) is 4.79 Å². The minimum atomic E-state index is -1.07. The van der Waals surface area contributed by atoms with Gasteiger partial charge >= 0.3 is 6.09 Å². The Hall–Kier alpha value is -1.75. The number of amides is 1. The number of para-hydroxylation sites is 1. The van der Waals surface area contributed by atoms with Crippen LogP contribution in [0.15, 0.2) is 24.3 Å². The second-order valence-electron chi connectivity index (χ2n) is 5.30. The molecular weight excluding hydrogens is 246 g/mol. The number of benzene rings is 1. The van der Waals surface area contributed by atoms with Crippen LogP contribution in [0.4, 0.5) is 4.79 Å². The van der Waals surface area contributed by atoms with Crippen LogP contribution < -0.4 is 4.74 Å². The first-order valence-corrected chi connectivity index (χ1v) is 6.54. The third-order valence-electron chi connectivity index (χ3n) is 4.12. The lowest BCUT2D eigenvalue weighted by Gasteiger charge is -2.46. The molecule has 2 aliphatic rings. The minimum absolute atomic E-state index is 0.318. The summed E-state index contributed by atoms with van der Waals surface area (Å²) in [6, 6.07) is 7.90. The predicted octanol–water partition coefficient (Wildman–Crippen LogP) is 1.84. The van der Waals surface area contributed by atoms with E-state index in [1.165, 1.54) is 5.56 Å². The van der Waals surface area contributed by atoms with Crippen LogP contribution in [0, 0.1) is 0 Å². The maximum atomic E-state index is 11.0. The van der Waals surface area contributed by atoms with Gasteiger partial charge in [-0.3, -0.25) is 4.90 Å². The van der Waals surface area contributed by atoms with Gasteiger partial charge in [0, 0.05) is 19.4 Å². The van der Waals surface area contributed by atoms with E-state index in [4.69, 9.17) is 9.84 Å². The number of hydrogen-bond acceptors (Lipinski definition) is 3. The van der Waals surface area contributed by atoms with Gasteiger partial charge < -0.3 is 14.9 Å². The van der Waals surface area contributed by atoms with E-state index in [2.05, 4.69) is 0 Å². The smallest absolute Gasteiger partial charge is 0.409 e. The van der Waals surface area contributed by atoms with Crippen LogP contribution in [0.25, 0.3) is 0 Å². The Morgan fingerprint density at radius 1 is 1.37 bits per heavy atom. The molecule has 2 heterocycles. The molecule has 19 heavy (non-hydrogen) atoms. The first-order valence-electron chi connectivity index (χ1n) is 6.54. The van der Waals surface area contributed by atoms with Crippen LogP contribution in [-0.2, 0) is 6.42 Å². The molecule has 2 unspecified atom stereocenters. The highest BCUT2D eigenvalue weighted by atomic mass is 16.5. The minimum Gasteiger partial charge on any atom is -0.487 e. The molecule has 5 nitrogen and oxygen atoms in total. The number of hydrogen-bond donors (Lipinski definition) is 2. The Morgan fingerprint density at radius 3 is 2.89 bits per heavy atom. The van der Waals surface area contributed by atoms with Crippen molar-refractivity contribution in [1.82, 2.24) is 4.90 Å². The summed E-state index contributed by atoms with van der Waals surface area (Å²) in [7, 11) is 0. The summed E-state index contributed by atoms with van der Waals surface area (Å²) < 4.78 is 6.08. The van der Waals surface area contributed by atoms with Gasteiger partial charge in [0.05, 0.1) is 0 Å². The van der Waals surface area contributed by atoms with Crippen molar-refractivity contribution in [2.75, 3.05) is 6.54 Å². The van der Waals surface area contributed by atoms with Gasteiger partial charge in [0.1, 0.15) is 17.6 Å². The number of carbonyl (C=O) groups is 1. The van der Waals surface area contributed by atoms with Crippen LogP contribution in [0.3, 0.4) is 0 Å². The molecular formula is C14H17NO4. The molecule has 1 aromatic carbocycles. The molecule has 1 saturated heterocycles. The average molecular weight is 263 g/mol. The fourth-order valence-electron chi connectivity index (χ4n) is 3.02. The molecule has 5 heteroatoms. The van der Waals surface area contributed by atoms with Gasteiger partial charge in [-0.15, -0.1) is 0 Å². The van der Waals surface area contributed by atoms with E-state index in [1.807, 2.05) is 24.3 Å². The number of rotatable bonds is 0. The standard InChI is InChI=1S/C14H17NO4/c16-12-9-14(7-8-15(12)13(17)18)6-5-10-3-1-2-4-11(10)19-14/h1-4,12,16H,5-9H2,(H,17,18). The van der Waals surface area contributed by atoms with Crippen molar-refractivity contribution >= 4 is 6.09 Å². The summed E-state index contributed by atoms with van der Waals surface area (Å²) >= 11 is 0. The molecule has 0 saturated carbocycles. The van der Waals surface area contributed by atoms with Crippen molar-refractivity contribution in [2.24, 2.45) is 0 Å². The van der Waals surface area contributed by atoms with Crippen molar-refractivity contribution < 1.29 is 19.7 Å². The fourth-order valence-corrected chi connectivity index (χ4v) is 3.02. The molecule has 0 aliphatic carbocycles. The molecule has 1 fully saturated rings. The Balaban J connectivity index is 1.79. The number of fused-ring (bicyclic) bond motifs is 1. The summed E-state index contributed by atoms with van der Waals surface area (Å²) in [5.74, 6) is 0.865. The average Bonchev–Trinajstić information content (AvgIpc) is 2.38. The van der Waals surface area contributed by atoms with E-state index in [-0.39, 0.29) is 0 Å². The Morgan fingerprint density at radius 2 is 2.16 bits per heavy atom. The number of ether oxygens (including phenoxy) is 1. The normalized spacial score (nSPS) is 29.7. The molecule has 3 rings (SSSR count). The molecule has 2 atom stereocenters. The molecule has 0 bridgehead atoms. The number of carboxylic acid groups (broad SMARTS) is 1. The van der Waals surface area contributed by atoms with Crippen molar-refractivity contribution in [2.45, 2.75) is 37.5 Å². The fraction of sp³-hybridized carbons (Fsp3) is 0.500. The molecule has 2 N–H and O–H groups in total. The van der Waals surface area contributed by atoms with Crippen molar-refractivity contribution in [3.63, 3.8) is 0 Å². The van der Waals surface area contributed by atoms with Gasteiger partial charge in [-0.2, -0.15) is 0 Å². The maximum absolute atomic E-state index is 11.0. The Kier molecular flexibility index (Phi) is 2.86. The summed E-state index contributed by atoms with van der Waals surface area (Å²) in [5, 5.41) is 18.9. The highest BCUT2D eigenvalue weighted by Crippen LogP contribution is 2.40. The topological polar surface area (TPSA) is 70.0 Å². The van der Waals surface area contributed by atoms with Crippen molar-refractivity contribution in [3.8, 4) is 5.75 Å². The highest BCUT2D eigenvalue weighted by molar-refractivity contribution is 5.65. The van der Waals surface area contributed by atoms with Crippen molar-refractivity contribution in [1.29, 1.82) is 0 Å². The zero-order valence-electron chi connectivity index (χ0n) is 10.6. The summed E-state index contributed by atoms with van der Waals surface area (Å²) in [4.78, 5) is 12.0. The number of piperidine rings is 1.